The molecule has 1 aromatic carbocycles. The molecular weight excluding hydrogens is 340 g/mol. The Kier molecular flexibility index (Phi) is 7.10. The molecule has 2 heterocycles. The number of amides is 1. The number of carbonyl (C=O) groups is 1. The summed E-state index contributed by atoms with van der Waals surface area (Å²) in [6, 6.07) is 7.92. The number of ether oxygens (including phenoxy) is 1. The lowest BCUT2D eigenvalue weighted by atomic mass is 10.00. The Hall–Kier alpha value is -2.08. The van der Waals surface area contributed by atoms with E-state index in [9.17, 15) is 4.79 Å². The number of rotatable bonds is 5. The van der Waals surface area contributed by atoms with E-state index >= 15 is 0 Å². The van der Waals surface area contributed by atoms with Gasteiger partial charge in [-0.1, -0.05) is 19.1 Å². The molecule has 2 N–H and O–H groups in total. The SMILES string of the molecule is CCNC(=NCc1cccc(NC(=O)C2CCCO2)c1)N1CCC(C)CC1. The van der Waals surface area contributed by atoms with Crippen LogP contribution in [0.4, 0.5) is 5.69 Å². The molecule has 2 aliphatic heterocycles. The summed E-state index contributed by atoms with van der Waals surface area (Å²) in [5.41, 5.74) is 1.89. The van der Waals surface area contributed by atoms with Crippen LogP contribution in [0.25, 0.3) is 0 Å². The number of aliphatic imine (C=N–C) groups is 1. The summed E-state index contributed by atoms with van der Waals surface area (Å²) in [4.78, 5) is 19.4. The second-order valence-electron chi connectivity index (χ2n) is 7.53. The van der Waals surface area contributed by atoms with Crippen molar-refractivity contribution in [3.05, 3.63) is 29.8 Å². The van der Waals surface area contributed by atoms with Crippen molar-refractivity contribution >= 4 is 17.6 Å². The lowest BCUT2D eigenvalue weighted by Gasteiger charge is -2.33. The third-order valence-electron chi connectivity index (χ3n) is 5.25. The van der Waals surface area contributed by atoms with Gasteiger partial charge < -0.3 is 20.3 Å². The first-order chi connectivity index (χ1) is 13.2. The van der Waals surface area contributed by atoms with Gasteiger partial charge in [0.05, 0.1) is 6.54 Å². The fourth-order valence-electron chi connectivity index (χ4n) is 3.57. The minimum atomic E-state index is -0.312. The van der Waals surface area contributed by atoms with E-state index in [1.54, 1.807) is 0 Å². The topological polar surface area (TPSA) is 66.0 Å². The molecule has 6 nitrogen and oxygen atoms in total. The van der Waals surface area contributed by atoms with Crippen molar-refractivity contribution in [3.8, 4) is 0 Å². The molecule has 0 saturated carbocycles. The lowest BCUT2D eigenvalue weighted by Crippen LogP contribution is -2.45. The van der Waals surface area contributed by atoms with Crippen molar-refractivity contribution in [2.24, 2.45) is 10.9 Å². The zero-order chi connectivity index (χ0) is 19.1. The first kappa shape index (κ1) is 19.7. The third kappa shape index (κ3) is 5.70. The molecule has 1 atom stereocenters. The van der Waals surface area contributed by atoms with E-state index < -0.39 is 0 Å². The summed E-state index contributed by atoms with van der Waals surface area (Å²) in [6.45, 7) is 8.67. The van der Waals surface area contributed by atoms with Gasteiger partial charge in [0.2, 0.25) is 0 Å². The zero-order valence-electron chi connectivity index (χ0n) is 16.5. The maximum atomic E-state index is 12.2. The number of piperidine rings is 1. The first-order valence-electron chi connectivity index (χ1n) is 10.2. The third-order valence-corrected chi connectivity index (χ3v) is 5.25. The number of carbonyl (C=O) groups excluding carboxylic acids is 1. The van der Waals surface area contributed by atoms with Crippen LogP contribution >= 0.6 is 0 Å². The molecule has 0 aliphatic carbocycles. The van der Waals surface area contributed by atoms with E-state index in [1.807, 2.05) is 24.3 Å². The zero-order valence-corrected chi connectivity index (χ0v) is 16.5. The van der Waals surface area contributed by atoms with Crippen LogP contribution < -0.4 is 10.6 Å². The molecule has 0 spiro atoms. The van der Waals surface area contributed by atoms with Crippen LogP contribution in [0.3, 0.4) is 0 Å². The van der Waals surface area contributed by atoms with Crippen LogP contribution in [-0.4, -0.2) is 49.1 Å². The summed E-state index contributed by atoms with van der Waals surface area (Å²) in [5.74, 6) is 1.73. The summed E-state index contributed by atoms with van der Waals surface area (Å²) in [5, 5.41) is 6.38. The summed E-state index contributed by atoms with van der Waals surface area (Å²) in [7, 11) is 0. The predicted octanol–water partition coefficient (Wildman–Crippen LogP) is 3.00. The average molecular weight is 373 g/mol. The summed E-state index contributed by atoms with van der Waals surface area (Å²) < 4.78 is 5.45. The van der Waals surface area contributed by atoms with Gasteiger partial charge in [-0.2, -0.15) is 0 Å². The van der Waals surface area contributed by atoms with E-state index in [4.69, 9.17) is 9.73 Å². The van der Waals surface area contributed by atoms with Crippen molar-refractivity contribution in [1.29, 1.82) is 0 Å². The van der Waals surface area contributed by atoms with Crippen molar-refractivity contribution in [2.75, 3.05) is 31.6 Å². The molecule has 1 unspecified atom stereocenters. The summed E-state index contributed by atoms with van der Waals surface area (Å²) >= 11 is 0. The maximum Gasteiger partial charge on any atom is 0.253 e. The highest BCUT2D eigenvalue weighted by molar-refractivity contribution is 5.94. The molecular formula is C21H32N4O2. The quantitative estimate of drug-likeness (QED) is 0.616. The Morgan fingerprint density at radius 1 is 1.30 bits per heavy atom. The molecule has 2 saturated heterocycles. The normalized spacial score (nSPS) is 21.3. The fraction of sp³-hybridized carbons (Fsp3) is 0.619. The Morgan fingerprint density at radius 3 is 2.81 bits per heavy atom. The molecule has 1 amide bonds. The van der Waals surface area contributed by atoms with Gasteiger partial charge in [0.15, 0.2) is 5.96 Å². The highest BCUT2D eigenvalue weighted by atomic mass is 16.5. The number of likely N-dealkylation sites (tertiary alicyclic amines) is 1. The second kappa shape index (κ2) is 9.74. The number of nitrogens with one attached hydrogen (secondary N) is 2. The standard InChI is InChI=1S/C21H32N4O2/c1-3-22-21(25-11-9-16(2)10-12-25)23-15-17-6-4-7-18(14-17)24-20(26)19-8-5-13-27-19/h4,6-7,14,16,19H,3,5,8-13,15H2,1-2H3,(H,22,23)(H,24,26). The van der Waals surface area contributed by atoms with Crippen LogP contribution in [0, 0.1) is 5.92 Å². The molecule has 2 fully saturated rings. The largest absolute Gasteiger partial charge is 0.368 e. The van der Waals surface area contributed by atoms with Crippen molar-refractivity contribution in [1.82, 2.24) is 10.2 Å². The molecule has 0 bridgehead atoms. The van der Waals surface area contributed by atoms with E-state index in [2.05, 4.69) is 29.4 Å². The Balaban J connectivity index is 1.61. The molecule has 6 heteroatoms. The highest BCUT2D eigenvalue weighted by Crippen LogP contribution is 2.18. The van der Waals surface area contributed by atoms with Crippen LogP contribution in [-0.2, 0) is 16.1 Å². The molecule has 1 aromatic rings. The second-order valence-corrected chi connectivity index (χ2v) is 7.53. The number of anilines is 1. The molecule has 148 valence electrons. The minimum absolute atomic E-state index is 0.0519. The summed E-state index contributed by atoms with van der Waals surface area (Å²) in [6.07, 6.45) is 3.88. The van der Waals surface area contributed by atoms with E-state index in [0.29, 0.717) is 13.2 Å². The monoisotopic (exact) mass is 372 g/mol. The number of benzene rings is 1. The predicted molar refractivity (Wildman–Crippen MR) is 109 cm³/mol. The van der Waals surface area contributed by atoms with Gasteiger partial charge in [0.25, 0.3) is 5.91 Å². The lowest BCUT2D eigenvalue weighted by molar-refractivity contribution is -0.124. The molecule has 27 heavy (non-hydrogen) atoms. The van der Waals surface area contributed by atoms with Crippen LogP contribution in [0.1, 0.15) is 45.1 Å². The smallest absolute Gasteiger partial charge is 0.253 e. The molecule has 2 aliphatic rings. The first-order valence-corrected chi connectivity index (χ1v) is 10.2. The van der Waals surface area contributed by atoms with E-state index in [-0.39, 0.29) is 12.0 Å². The fourth-order valence-corrected chi connectivity index (χ4v) is 3.57. The Morgan fingerprint density at radius 2 is 2.11 bits per heavy atom. The molecule has 0 radical (unpaired) electrons. The van der Waals surface area contributed by atoms with Gasteiger partial charge in [0, 0.05) is 31.9 Å². The van der Waals surface area contributed by atoms with Crippen LogP contribution in [0.15, 0.2) is 29.3 Å². The van der Waals surface area contributed by atoms with E-state index in [0.717, 1.165) is 55.6 Å². The number of nitrogens with zero attached hydrogens (tertiary/aromatic N) is 2. The maximum absolute atomic E-state index is 12.2. The number of hydrogen-bond acceptors (Lipinski definition) is 3. The van der Waals surface area contributed by atoms with Gasteiger partial charge in [-0.15, -0.1) is 0 Å². The molecule has 3 rings (SSSR count). The van der Waals surface area contributed by atoms with Gasteiger partial charge in [0.1, 0.15) is 6.10 Å². The van der Waals surface area contributed by atoms with E-state index in [1.165, 1.54) is 12.8 Å². The van der Waals surface area contributed by atoms with Gasteiger partial charge in [-0.3, -0.25) is 4.79 Å². The van der Waals surface area contributed by atoms with Crippen molar-refractivity contribution in [2.45, 2.75) is 52.2 Å². The Bertz CT molecular complexity index is 647. The van der Waals surface area contributed by atoms with Gasteiger partial charge >= 0.3 is 0 Å². The van der Waals surface area contributed by atoms with Gasteiger partial charge in [-0.05, 0) is 56.2 Å². The van der Waals surface area contributed by atoms with Crippen molar-refractivity contribution in [3.63, 3.8) is 0 Å². The van der Waals surface area contributed by atoms with Crippen molar-refractivity contribution < 1.29 is 9.53 Å². The molecule has 0 aromatic heterocycles. The Labute approximate surface area is 162 Å². The van der Waals surface area contributed by atoms with Gasteiger partial charge in [-0.25, -0.2) is 4.99 Å². The number of hydrogen-bond donors (Lipinski definition) is 2. The van der Waals surface area contributed by atoms with Crippen LogP contribution in [0.2, 0.25) is 0 Å². The van der Waals surface area contributed by atoms with Crippen LogP contribution in [0.5, 0.6) is 0 Å². The minimum Gasteiger partial charge on any atom is -0.368 e. The number of guanidine groups is 1. The average Bonchev–Trinajstić information content (AvgIpc) is 3.21. The highest BCUT2D eigenvalue weighted by Gasteiger charge is 2.23.